The van der Waals surface area contributed by atoms with E-state index in [4.69, 9.17) is 0 Å². The van der Waals surface area contributed by atoms with Crippen LogP contribution in [-0.4, -0.2) is 23.2 Å². The third-order valence-electron chi connectivity index (χ3n) is 3.87. The first-order chi connectivity index (χ1) is 8.98. The predicted octanol–water partition coefficient (Wildman–Crippen LogP) is 2.96. The van der Waals surface area contributed by atoms with Gasteiger partial charge in [0, 0.05) is 15.7 Å². The van der Waals surface area contributed by atoms with E-state index in [1.807, 2.05) is 18.2 Å². The maximum atomic E-state index is 12.0. The van der Waals surface area contributed by atoms with E-state index >= 15 is 0 Å². The molecular formula is C15H20INO2. The summed E-state index contributed by atoms with van der Waals surface area (Å²) in [7, 11) is 0. The van der Waals surface area contributed by atoms with Crippen molar-refractivity contribution in [2.24, 2.45) is 5.92 Å². The zero-order valence-corrected chi connectivity index (χ0v) is 13.3. The van der Waals surface area contributed by atoms with Crippen molar-refractivity contribution in [2.45, 2.75) is 38.2 Å². The first kappa shape index (κ1) is 14.8. The predicted molar refractivity (Wildman–Crippen MR) is 84.1 cm³/mol. The van der Waals surface area contributed by atoms with E-state index in [0.29, 0.717) is 18.0 Å². The molecule has 1 aromatic carbocycles. The molecule has 4 heteroatoms. The van der Waals surface area contributed by atoms with Crippen LogP contribution in [0.5, 0.6) is 0 Å². The zero-order chi connectivity index (χ0) is 13.9. The van der Waals surface area contributed by atoms with Crippen LogP contribution in [0.4, 0.5) is 0 Å². The molecule has 104 valence electrons. The van der Waals surface area contributed by atoms with Crippen LogP contribution < -0.4 is 5.32 Å². The van der Waals surface area contributed by atoms with Crippen LogP contribution in [0, 0.1) is 9.49 Å². The van der Waals surface area contributed by atoms with Crippen LogP contribution in [0.15, 0.2) is 24.3 Å². The molecule has 2 rings (SSSR count). The molecule has 0 heterocycles. The number of carbonyl (C=O) groups excluding carboxylic acids is 1. The Morgan fingerprint density at radius 3 is 2.79 bits per heavy atom. The normalized spacial score (nSPS) is 27.0. The highest BCUT2D eigenvalue weighted by Gasteiger charge is 2.32. The number of benzene rings is 1. The molecule has 0 aliphatic heterocycles. The van der Waals surface area contributed by atoms with E-state index in [9.17, 15) is 9.90 Å². The Morgan fingerprint density at radius 1 is 1.47 bits per heavy atom. The molecule has 3 nitrogen and oxygen atoms in total. The van der Waals surface area contributed by atoms with Crippen LogP contribution in [0.2, 0.25) is 0 Å². The third-order valence-corrected chi connectivity index (χ3v) is 4.54. The van der Waals surface area contributed by atoms with Crippen molar-refractivity contribution >= 4 is 28.5 Å². The fourth-order valence-electron chi connectivity index (χ4n) is 2.45. The van der Waals surface area contributed by atoms with E-state index in [-0.39, 0.29) is 5.91 Å². The standard InChI is InChI=1S/C15H20INO2/c1-11-5-7-15(19,8-6-11)10-17-14(18)12-3-2-4-13(16)9-12/h2-4,9,11,19H,5-8,10H2,1H3,(H,17,18). The van der Waals surface area contributed by atoms with Crippen LogP contribution in [0.25, 0.3) is 0 Å². The molecule has 0 radical (unpaired) electrons. The van der Waals surface area contributed by atoms with Gasteiger partial charge >= 0.3 is 0 Å². The molecule has 0 bridgehead atoms. The van der Waals surface area contributed by atoms with Crippen LogP contribution in [0.3, 0.4) is 0 Å². The number of carbonyl (C=O) groups is 1. The molecule has 1 fully saturated rings. The lowest BCUT2D eigenvalue weighted by Crippen LogP contribution is -2.45. The van der Waals surface area contributed by atoms with Crippen molar-refractivity contribution < 1.29 is 9.90 Å². The lowest BCUT2D eigenvalue weighted by molar-refractivity contribution is -0.00539. The number of amides is 1. The van der Waals surface area contributed by atoms with Crippen molar-refractivity contribution in [3.8, 4) is 0 Å². The SMILES string of the molecule is CC1CCC(O)(CNC(=O)c2cccc(I)c2)CC1. The number of rotatable bonds is 3. The fraction of sp³-hybridized carbons (Fsp3) is 0.533. The summed E-state index contributed by atoms with van der Waals surface area (Å²) >= 11 is 2.19. The van der Waals surface area contributed by atoms with Gasteiger partial charge in [-0.1, -0.05) is 13.0 Å². The lowest BCUT2D eigenvalue weighted by atomic mass is 9.79. The number of hydrogen-bond donors (Lipinski definition) is 2. The molecule has 0 atom stereocenters. The molecule has 0 aromatic heterocycles. The number of aliphatic hydroxyl groups is 1. The number of halogens is 1. The van der Waals surface area contributed by atoms with Gasteiger partial charge in [0.1, 0.15) is 0 Å². The van der Waals surface area contributed by atoms with Gasteiger partial charge < -0.3 is 10.4 Å². The highest BCUT2D eigenvalue weighted by atomic mass is 127. The van der Waals surface area contributed by atoms with E-state index in [1.165, 1.54) is 0 Å². The van der Waals surface area contributed by atoms with Gasteiger partial charge in [-0.3, -0.25) is 4.79 Å². The Hall–Kier alpha value is -0.620. The van der Waals surface area contributed by atoms with Gasteiger partial charge in [0.15, 0.2) is 0 Å². The molecule has 0 saturated heterocycles. The van der Waals surface area contributed by atoms with Crippen molar-refractivity contribution in [1.82, 2.24) is 5.32 Å². The molecule has 1 amide bonds. The van der Waals surface area contributed by atoms with Gasteiger partial charge in [-0.15, -0.1) is 0 Å². The van der Waals surface area contributed by atoms with Gasteiger partial charge in [0.25, 0.3) is 5.91 Å². The molecule has 1 aromatic rings. The maximum Gasteiger partial charge on any atom is 0.251 e. The van der Waals surface area contributed by atoms with Crippen LogP contribution >= 0.6 is 22.6 Å². The summed E-state index contributed by atoms with van der Waals surface area (Å²) in [5, 5.41) is 13.3. The van der Waals surface area contributed by atoms with E-state index < -0.39 is 5.60 Å². The van der Waals surface area contributed by atoms with E-state index in [2.05, 4.69) is 34.8 Å². The quantitative estimate of drug-likeness (QED) is 0.801. The molecule has 2 N–H and O–H groups in total. The summed E-state index contributed by atoms with van der Waals surface area (Å²) in [6.07, 6.45) is 3.63. The highest BCUT2D eigenvalue weighted by molar-refractivity contribution is 14.1. The summed E-state index contributed by atoms with van der Waals surface area (Å²) in [6.45, 7) is 2.56. The van der Waals surface area contributed by atoms with Crippen molar-refractivity contribution in [3.63, 3.8) is 0 Å². The summed E-state index contributed by atoms with van der Waals surface area (Å²) in [4.78, 5) is 12.0. The highest BCUT2D eigenvalue weighted by Crippen LogP contribution is 2.31. The Labute approximate surface area is 127 Å². The second-order valence-electron chi connectivity index (χ2n) is 5.60. The Morgan fingerprint density at radius 2 is 2.16 bits per heavy atom. The first-order valence-corrected chi connectivity index (χ1v) is 7.82. The molecule has 1 aliphatic carbocycles. The van der Waals surface area contributed by atoms with E-state index in [1.54, 1.807) is 6.07 Å². The number of nitrogens with one attached hydrogen (secondary N) is 1. The summed E-state index contributed by atoms with van der Waals surface area (Å²) in [5.74, 6) is 0.581. The zero-order valence-electron chi connectivity index (χ0n) is 11.2. The Balaban J connectivity index is 1.90. The Kier molecular flexibility index (Phi) is 4.84. The summed E-state index contributed by atoms with van der Waals surface area (Å²) in [6, 6.07) is 7.47. The van der Waals surface area contributed by atoms with Crippen LogP contribution in [-0.2, 0) is 0 Å². The van der Waals surface area contributed by atoms with Gasteiger partial charge in [0.2, 0.25) is 0 Å². The third kappa shape index (κ3) is 4.18. The summed E-state index contributed by atoms with van der Waals surface area (Å²) in [5.41, 5.74) is -0.0657. The van der Waals surface area contributed by atoms with Crippen molar-refractivity contribution in [1.29, 1.82) is 0 Å². The second-order valence-corrected chi connectivity index (χ2v) is 6.85. The first-order valence-electron chi connectivity index (χ1n) is 6.75. The van der Waals surface area contributed by atoms with Crippen molar-refractivity contribution in [3.05, 3.63) is 33.4 Å². The fourth-order valence-corrected chi connectivity index (χ4v) is 3.00. The lowest BCUT2D eigenvalue weighted by Gasteiger charge is -2.34. The van der Waals surface area contributed by atoms with Gasteiger partial charge in [0.05, 0.1) is 5.60 Å². The molecule has 19 heavy (non-hydrogen) atoms. The average molecular weight is 373 g/mol. The maximum absolute atomic E-state index is 12.0. The van der Waals surface area contributed by atoms with Crippen molar-refractivity contribution in [2.75, 3.05) is 6.54 Å². The topological polar surface area (TPSA) is 49.3 Å². The van der Waals surface area contributed by atoms with E-state index in [0.717, 1.165) is 29.3 Å². The molecule has 1 aliphatic rings. The minimum Gasteiger partial charge on any atom is -0.388 e. The van der Waals surface area contributed by atoms with Gasteiger partial charge in [-0.2, -0.15) is 0 Å². The minimum absolute atomic E-state index is 0.106. The van der Waals surface area contributed by atoms with Gasteiger partial charge in [-0.05, 0) is 72.4 Å². The average Bonchev–Trinajstić information content (AvgIpc) is 2.40. The second kappa shape index (κ2) is 6.22. The molecular weight excluding hydrogens is 353 g/mol. The molecule has 0 unspecified atom stereocenters. The number of hydrogen-bond acceptors (Lipinski definition) is 2. The monoisotopic (exact) mass is 373 g/mol. The largest absolute Gasteiger partial charge is 0.388 e. The minimum atomic E-state index is -0.718. The Bertz CT molecular complexity index is 453. The van der Waals surface area contributed by atoms with Gasteiger partial charge in [-0.25, -0.2) is 0 Å². The molecule has 1 saturated carbocycles. The summed E-state index contributed by atoms with van der Waals surface area (Å²) < 4.78 is 1.04. The molecule has 0 spiro atoms. The van der Waals surface area contributed by atoms with Crippen LogP contribution in [0.1, 0.15) is 43.0 Å². The smallest absolute Gasteiger partial charge is 0.251 e.